The minimum Gasteiger partial charge on any atom is -0.333 e. The Morgan fingerprint density at radius 2 is 2.10 bits per heavy atom. The number of hydrogen-bond donors (Lipinski definition) is 2. The van der Waals surface area contributed by atoms with Gasteiger partial charge in [0.1, 0.15) is 5.82 Å². The standard InChI is InChI=1S/C13H15ClFN3O2/c14-10-3-2-9(15)8-11(10)17-12(19)13(20)18-6-1-4-16-5-7-18/h2-3,8,16H,1,4-7H2,(H,17,19). The maximum atomic E-state index is 13.1. The molecule has 0 aliphatic carbocycles. The van der Waals surface area contributed by atoms with Crippen LogP contribution in [-0.2, 0) is 9.59 Å². The van der Waals surface area contributed by atoms with Gasteiger partial charge in [0.25, 0.3) is 0 Å². The molecule has 2 rings (SSSR count). The molecular weight excluding hydrogens is 285 g/mol. The Morgan fingerprint density at radius 1 is 1.30 bits per heavy atom. The van der Waals surface area contributed by atoms with Gasteiger partial charge in [-0.15, -0.1) is 0 Å². The highest BCUT2D eigenvalue weighted by atomic mass is 35.5. The van der Waals surface area contributed by atoms with Crippen LogP contribution in [0.4, 0.5) is 10.1 Å². The van der Waals surface area contributed by atoms with Crippen LogP contribution in [0.15, 0.2) is 18.2 Å². The fourth-order valence-electron chi connectivity index (χ4n) is 1.96. The lowest BCUT2D eigenvalue weighted by atomic mass is 10.3. The summed E-state index contributed by atoms with van der Waals surface area (Å²) in [5.41, 5.74) is 0.0953. The van der Waals surface area contributed by atoms with Crippen molar-refractivity contribution in [3.63, 3.8) is 0 Å². The molecule has 1 aromatic carbocycles. The molecule has 1 heterocycles. The zero-order valence-electron chi connectivity index (χ0n) is 10.8. The summed E-state index contributed by atoms with van der Waals surface area (Å²) in [5, 5.41) is 5.67. The van der Waals surface area contributed by atoms with Crippen LogP contribution in [0.5, 0.6) is 0 Å². The minimum atomic E-state index is -0.806. The predicted octanol–water partition coefficient (Wildman–Crippen LogP) is 1.24. The van der Waals surface area contributed by atoms with Crippen molar-refractivity contribution in [2.75, 3.05) is 31.5 Å². The lowest BCUT2D eigenvalue weighted by Gasteiger charge is -2.19. The average molecular weight is 300 g/mol. The minimum absolute atomic E-state index is 0.0953. The molecule has 0 atom stereocenters. The van der Waals surface area contributed by atoms with Crippen LogP contribution >= 0.6 is 11.6 Å². The van der Waals surface area contributed by atoms with Gasteiger partial charge in [-0.05, 0) is 31.2 Å². The Balaban J connectivity index is 2.03. The molecule has 1 aliphatic rings. The summed E-state index contributed by atoms with van der Waals surface area (Å²) >= 11 is 5.84. The number of nitrogens with one attached hydrogen (secondary N) is 2. The van der Waals surface area contributed by atoms with E-state index in [0.29, 0.717) is 19.6 Å². The number of benzene rings is 1. The van der Waals surface area contributed by atoms with Gasteiger partial charge in [0.15, 0.2) is 0 Å². The van der Waals surface area contributed by atoms with Crippen LogP contribution in [-0.4, -0.2) is 42.9 Å². The first-order chi connectivity index (χ1) is 9.58. The Hall–Kier alpha value is -1.66. The van der Waals surface area contributed by atoms with Gasteiger partial charge in [-0.2, -0.15) is 0 Å². The van der Waals surface area contributed by atoms with Gasteiger partial charge in [0.05, 0.1) is 10.7 Å². The molecule has 20 heavy (non-hydrogen) atoms. The first-order valence-corrected chi connectivity index (χ1v) is 6.72. The largest absolute Gasteiger partial charge is 0.333 e. The van der Waals surface area contributed by atoms with Gasteiger partial charge in [0, 0.05) is 19.6 Å². The molecule has 1 aliphatic heterocycles. The topological polar surface area (TPSA) is 61.4 Å². The number of carbonyl (C=O) groups is 2. The SMILES string of the molecule is O=C(Nc1cc(F)ccc1Cl)C(=O)N1CCCNCC1. The summed E-state index contributed by atoms with van der Waals surface area (Å²) in [7, 11) is 0. The van der Waals surface area contributed by atoms with E-state index in [1.165, 1.54) is 17.0 Å². The number of halogens is 2. The molecule has 1 aromatic rings. The molecule has 108 valence electrons. The zero-order chi connectivity index (χ0) is 14.5. The second-order valence-corrected chi connectivity index (χ2v) is 4.88. The summed E-state index contributed by atoms with van der Waals surface area (Å²) in [4.78, 5) is 25.4. The second kappa shape index (κ2) is 6.67. The van der Waals surface area contributed by atoms with Gasteiger partial charge in [-0.1, -0.05) is 11.6 Å². The Kier molecular flexibility index (Phi) is 4.92. The third-order valence-corrected chi connectivity index (χ3v) is 3.33. The van der Waals surface area contributed by atoms with E-state index in [0.717, 1.165) is 19.0 Å². The summed E-state index contributed by atoms with van der Waals surface area (Å²) < 4.78 is 13.1. The number of hydrogen-bond acceptors (Lipinski definition) is 3. The number of anilines is 1. The highest BCUT2D eigenvalue weighted by Gasteiger charge is 2.23. The number of amides is 2. The van der Waals surface area contributed by atoms with Gasteiger partial charge in [-0.25, -0.2) is 4.39 Å². The molecule has 0 radical (unpaired) electrons. The summed E-state index contributed by atoms with van der Waals surface area (Å²) in [6.45, 7) is 2.47. The molecular formula is C13H15ClFN3O2. The van der Waals surface area contributed by atoms with Crippen LogP contribution < -0.4 is 10.6 Å². The van der Waals surface area contributed by atoms with Crippen molar-refractivity contribution in [1.29, 1.82) is 0 Å². The molecule has 0 saturated carbocycles. The molecule has 1 saturated heterocycles. The van der Waals surface area contributed by atoms with Crippen LogP contribution in [0.2, 0.25) is 5.02 Å². The van der Waals surface area contributed by atoms with Gasteiger partial charge < -0.3 is 15.5 Å². The van der Waals surface area contributed by atoms with Gasteiger partial charge in [0.2, 0.25) is 0 Å². The maximum Gasteiger partial charge on any atom is 0.313 e. The lowest BCUT2D eigenvalue weighted by Crippen LogP contribution is -2.41. The summed E-state index contributed by atoms with van der Waals surface area (Å²) in [5.74, 6) is -1.97. The average Bonchev–Trinajstić information content (AvgIpc) is 2.71. The second-order valence-electron chi connectivity index (χ2n) is 4.47. The molecule has 1 fully saturated rings. The monoisotopic (exact) mass is 299 g/mol. The smallest absolute Gasteiger partial charge is 0.313 e. The van der Waals surface area contributed by atoms with E-state index in [9.17, 15) is 14.0 Å². The number of nitrogens with zero attached hydrogens (tertiary/aromatic N) is 1. The fraction of sp³-hybridized carbons (Fsp3) is 0.385. The van der Waals surface area contributed by atoms with Crippen molar-refractivity contribution in [2.45, 2.75) is 6.42 Å². The molecule has 0 bridgehead atoms. The number of carbonyl (C=O) groups excluding carboxylic acids is 2. The van der Waals surface area contributed by atoms with E-state index in [1.807, 2.05) is 0 Å². The lowest BCUT2D eigenvalue weighted by molar-refractivity contribution is -0.143. The van der Waals surface area contributed by atoms with Crippen LogP contribution in [0.3, 0.4) is 0 Å². The van der Waals surface area contributed by atoms with Crippen molar-refractivity contribution >= 4 is 29.1 Å². The fourth-order valence-corrected chi connectivity index (χ4v) is 2.13. The van der Waals surface area contributed by atoms with Crippen molar-refractivity contribution in [2.24, 2.45) is 0 Å². The molecule has 7 heteroatoms. The highest BCUT2D eigenvalue weighted by molar-refractivity contribution is 6.41. The summed E-state index contributed by atoms with van der Waals surface area (Å²) in [6.07, 6.45) is 0.791. The Bertz CT molecular complexity index is 516. The Morgan fingerprint density at radius 3 is 2.90 bits per heavy atom. The van der Waals surface area contributed by atoms with E-state index in [4.69, 9.17) is 11.6 Å². The molecule has 0 aromatic heterocycles. The number of rotatable bonds is 1. The van der Waals surface area contributed by atoms with Crippen molar-refractivity contribution < 1.29 is 14.0 Å². The van der Waals surface area contributed by atoms with Crippen LogP contribution in [0.1, 0.15) is 6.42 Å². The zero-order valence-corrected chi connectivity index (χ0v) is 11.5. The van der Waals surface area contributed by atoms with Crippen molar-refractivity contribution in [3.05, 3.63) is 29.0 Å². The quantitative estimate of drug-likeness (QED) is 0.767. The normalized spacial score (nSPS) is 15.6. The third kappa shape index (κ3) is 3.68. The molecule has 5 nitrogen and oxygen atoms in total. The van der Waals surface area contributed by atoms with Crippen molar-refractivity contribution in [1.82, 2.24) is 10.2 Å². The van der Waals surface area contributed by atoms with E-state index in [1.54, 1.807) is 0 Å². The first-order valence-electron chi connectivity index (χ1n) is 6.34. The predicted molar refractivity (Wildman–Crippen MR) is 74.1 cm³/mol. The van der Waals surface area contributed by atoms with Crippen LogP contribution in [0, 0.1) is 5.82 Å². The van der Waals surface area contributed by atoms with E-state index in [2.05, 4.69) is 10.6 Å². The molecule has 0 unspecified atom stereocenters. The van der Waals surface area contributed by atoms with Crippen LogP contribution in [0.25, 0.3) is 0 Å². The van der Waals surface area contributed by atoms with E-state index in [-0.39, 0.29) is 10.7 Å². The molecule has 2 amide bonds. The Labute approximate surface area is 121 Å². The van der Waals surface area contributed by atoms with E-state index >= 15 is 0 Å². The highest BCUT2D eigenvalue weighted by Crippen LogP contribution is 2.22. The molecule has 2 N–H and O–H groups in total. The third-order valence-electron chi connectivity index (χ3n) is 3.00. The molecule has 0 spiro atoms. The van der Waals surface area contributed by atoms with Gasteiger partial charge in [-0.3, -0.25) is 9.59 Å². The van der Waals surface area contributed by atoms with Crippen molar-refractivity contribution in [3.8, 4) is 0 Å². The summed E-state index contributed by atoms with van der Waals surface area (Å²) in [6, 6.07) is 3.59. The maximum absolute atomic E-state index is 13.1. The van der Waals surface area contributed by atoms with E-state index < -0.39 is 17.6 Å². The first kappa shape index (κ1) is 14.7. The van der Waals surface area contributed by atoms with Gasteiger partial charge >= 0.3 is 11.8 Å².